The molecule has 0 aliphatic heterocycles. The maximum Gasteiger partial charge on any atom is 0.257 e. The smallest absolute Gasteiger partial charge is 0.257 e. The minimum atomic E-state index is -0.586. The molecule has 3 rings (SSSR count). The van der Waals surface area contributed by atoms with Crippen molar-refractivity contribution in [2.45, 2.75) is 6.54 Å². The second kappa shape index (κ2) is 7.43. The minimum Gasteiger partial charge on any atom is -0.360 e. The molecular formula is C17H17N5O3. The number of rotatable bonds is 6. The van der Waals surface area contributed by atoms with Gasteiger partial charge in [-0.25, -0.2) is 4.98 Å². The molecule has 0 radical (unpaired) electrons. The molecule has 3 aromatic rings. The summed E-state index contributed by atoms with van der Waals surface area (Å²) in [6, 6.07) is 6.93. The van der Waals surface area contributed by atoms with Crippen molar-refractivity contribution in [3.8, 4) is 0 Å². The number of H-pyrrole nitrogens is 1. The molecule has 0 bridgehead atoms. The number of imidazole rings is 1. The van der Waals surface area contributed by atoms with Crippen LogP contribution >= 0.6 is 0 Å². The van der Waals surface area contributed by atoms with E-state index in [1.807, 2.05) is 4.57 Å². The number of aromatic amines is 1. The number of pyridine rings is 1. The van der Waals surface area contributed by atoms with Gasteiger partial charge in [0.15, 0.2) is 0 Å². The Kier molecular flexibility index (Phi) is 4.89. The number of nitrogens with one attached hydrogen (secondary N) is 3. The van der Waals surface area contributed by atoms with Crippen LogP contribution < -0.4 is 16.1 Å². The SMILES string of the molecule is O=C(CNC(=O)c1c[nH]c2ccccc2c1=O)NCCn1ccnc1. The van der Waals surface area contributed by atoms with Gasteiger partial charge < -0.3 is 20.2 Å². The Balaban J connectivity index is 1.54. The number of aromatic nitrogens is 3. The lowest BCUT2D eigenvalue weighted by atomic mass is 10.1. The monoisotopic (exact) mass is 339 g/mol. The highest BCUT2D eigenvalue weighted by molar-refractivity contribution is 5.98. The van der Waals surface area contributed by atoms with Crippen LogP contribution in [0.2, 0.25) is 0 Å². The van der Waals surface area contributed by atoms with Crippen molar-refractivity contribution in [2.24, 2.45) is 0 Å². The molecule has 0 atom stereocenters. The van der Waals surface area contributed by atoms with E-state index in [1.54, 1.807) is 43.0 Å². The van der Waals surface area contributed by atoms with Crippen LogP contribution in [0.1, 0.15) is 10.4 Å². The summed E-state index contributed by atoms with van der Waals surface area (Å²) in [4.78, 5) is 43.1. The first kappa shape index (κ1) is 16.4. The third kappa shape index (κ3) is 3.92. The molecule has 2 aromatic heterocycles. The van der Waals surface area contributed by atoms with Gasteiger partial charge in [0.25, 0.3) is 5.91 Å². The Morgan fingerprint density at radius 3 is 2.84 bits per heavy atom. The van der Waals surface area contributed by atoms with Gasteiger partial charge in [-0.15, -0.1) is 0 Å². The highest BCUT2D eigenvalue weighted by atomic mass is 16.2. The van der Waals surface area contributed by atoms with Gasteiger partial charge in [0.2, 0.25) is 11.3 Å². The first-order chi connectivity index (χ1) is 12.1. The van der Waals surface area contributed by atoms with Gasteiger partial charge in [0.1, 0.15) is 5.56 Å². The van der Waals surface area contributed by atoms with Gasteiger partial charge in [0, 0.05) is 42.6 Å². The number of para-hydroxylation sites is 1. The van der Waals surface area contributed by atoms with Crippen molar-refractivity contribution in [1.82, 2.24) is 25.2 Å². The fourth-order valence-corrected chi connectivity index (χ4v) is 2.40. The summed E-state index contributed by atoms with van der Waals surface area (Å²) in [6.45, 7) is 0.806. The van der Waals surface area contributed by atoms with E-state index in [2.05, 4.69) is 20.6 Å². The molecule has 0 saturated heterocycles. The van der Waals surface area contributed by atoms with Crippen LogP contribution in [0.4, 0.5) is 0 Å². The first-order valence-corrected chi connectivity index (χ1v) is 7.76. The number of hydrogen-bond donors (Lipinski definition) is 3. The summed E-state index contributed by atoms with van der Waals surface area (Å²) in [5.41, 5.74) is 0.263. The van der Waals surface area contributed by atoms with E-state index in [-0.39, 0.29) is 23.4 Å². The van der Waals surface area contributed by atoms with Gasteiger partial charge in [-0.2, -0.15) is 0 Å². The van der Waals surface area contributed by atoms with Crippen molar-refractivity contribution in [3.63, 3.8) is 0 Å². The Bertz CT molecular complexity index is 946. The van der Waals surface area contributed by atoms with E-state index in [9.17, 15) is 14.4 Å². The number of carbonyl (C=O) groups excluding carboxylic acids is 2. The zero-order valence-electron chi connectivity index (χ0n) is 13.4. The van der Waals surface area contributed by atoms with Crippen molar-refractivity contribution in [3.05, 3.63) is 65.0 Å². The fraction of sp³-hybridized carbons (Fsp3) is 0.176. The maximum absolute atomic E-state index is 12.3. The molecule has 1 aromatic carbocycles. The quantitative estimate of drug-likeness (QED) is 0.599. The minimum absolute atomic E-state index is 0.0232. The van der Waals surface area contributed by atoms with Gasteiger partial charge >= 0.3 is 0 Å². The molecule has 2 amide bonds. The molecule has 0 unspecified atom stereocenters. The lowest BCUT2D eigenvalue weighted by molar-refractivity contribution is -0.120. The Labute approximate surface area is 142 Å². The van der Waals surface area contributed by atoms with E-state index in [0.29, 0.717) is 24.0 Å². The molecular weight excluding hydrogens is 322 g/mol. The Morgan fingerprint density at radius 1 is 1.20 bits per heavy atom. The van der Waals surface area contributed by atoms with E-state index < -0.39 is 5.91 Å². The molecule has 0 fully saturated rings. The molecule has 0 spiro atoms. The molecule has 8 heteroatoms. The Morgan fingerprint density at radius 2 is 2.04 bits per heavy atom. The number of fused-ring (bicyclic) bond motifs is 1. The van der Waals surface area contributed by atoms with Gasteiger partial charge in [-0.05, 0) is 12.1 Å². The summed E-state index contributed by atoms with van der Waals surface area (Å²) in [6.07, 6.45) is 6.46. The van der Waals surface area contributed by atoms with Crippen LogP contribution in [0.25, 0.3) is 10.9 Å². The van der Waals surface area contributed by atoms with Gasteiger partial charge in [-0.1, -0.05) is 12.1 Å². The zero-order chi connectivity index (χ0) is 17.6. The zero-order valence-corrected chi connectivity index (χ0v) is 13.4. The average molecular weight is 339 g/mol. The van der Waals surface area contributed by atoms with Gasteiger partial charge in [-0.3, -0.25) is 14.4 Å². The van der Waals surface area contributed by atoms with Crippen LogP contribution in [-0.4, -0.2) is 39.4 Å². The summed E-state index contributed by atoms with van der Waals surface area (Å²) in [5.74, 6) is -0.914. The van der Waals surface area contributed by atoms with Crippen molar-refractivity contribution < 1.29 is 9.59 Å². The molecule has 25 heavy (non-hydrogen) atoms. The third-order valence-electron chi connectivity index (χ3n) is 3.69. The maximum atomic E-state index is 12.3. The van der Waals surface area contributed by atoms with Crippen LogP contribution in [0.5, 0.6) is 0 Å². The van der Waals surface area contributed by atoms with Crippen LogP contribution in [-0.2, 0) is 11.3 Å². The number of hydrogen-bond acceptors (Lipinski definition) is 4. The summed E-state index contributed by atoms with van der Waals surface area (Å²) >= 11 is 0. The number of benzene rings is 1. The van der Waals surface area contributed by atoms with E-state index >= 15 is 0 Å². The summed E-state index contributed by atoms with van der Waals surface area (Å²) in [7, 11) is 0. The molecule has 8 nitrogen and oxygen atoms in total. The first-order valence-electron chi connectivity index (χ1n) is 7.76. The lowest BCUT2D eigenvalue weighted by Gasteiger charge is -2.07. The van der Waals surface area contributed by atoms with Crippen LogP contribution in [0.3, 0.4) is 0 Å². The highest BCUT2D eigenvalue weighted by Crippen LogP contribution is 2.06. The van der Waals surface area contributed by atoms with E-state index in [4.69, 9.17) is 0 Å². The fourth-order valence-electron chi connectivity index (χ4n) is 2.40. The molecule has 0 saturated carbocycles. The predicted molar refractivity (Wildman–Crippen MR) is 92.1 cm³/mol. The van der Waals surface area contributed by atoms with Crippen molar-refractivity contribution in [2.75, 3.05) is 13.1 Å². The third-order valence-corrected chi connectivity index (χ3v) is 3.69. The summed E-state index contributed by atoms with van der Waals surface area (Å²) in [5, 5.41) is 5.57. The Hall–Kier alpha value is -3.42. The second-order valence-electron chi connectivity index (χ2n) is 5.41. The van der Waals surface area contributed by atoms with Crippen LogP contribution in [0, 0.1) is 0 Å². The molecule has 3 N–H and O–H groups in total. The van der Waals surface area contributed by atoms with Crippen LogP contribution in [0.15, 0.2) is 54.0 Å². The van der Waals surface area contributed by atoms with Crippen molar-refractivity contribution in [1.29, 1.82) is 0 Å². The van der Waals surface area contributed by atoms with Gasteiger partial charge in [0.05, 0.1) is 12.9 Å². The number of carbonyl (C=O) groups is 2. The summed E-state index contributed by atoms with van der Waals surface area (Å²) < 4.78 is 1.83. The average Bonchev–Trinajstić information content (AvgIpc) is 3.14. The van der Waals surface area contributed by atoms with E-state index in [0.717, 1.165) is 0 Å². The number of amides is 2. The molecule has 128 valence electrons. The molecule has 0 aliphatic carbocycles. The lowest BCUT2D eigenvalue weighted by Crippen LogP contribution is -2.39. The second-order valence-corrected chi connectivity index (χ2v) is 5.41. The normalized spacial score (nSPS) is 10.6. The number of nitrogens with zero attached hydrogens (tertiary/aromatic N) is 2. The largest absolute Gasteiger partial charge is 0.360 e. The predicted octanol–water partition coefficient (Wildman–Crippen LogP) is 0.271. The standard InChI is InChI=1S/C17H17N5O3/c23-15(19-6-8-22-7-5-18-11-22)10-21-17(25)13-9-20-14-4-2-1-3-12(14)16(13)24/h1-5,7,9,11H,6,8,10H2,(H,19,23)(H,20,24)(H,21,25). The van der Waals surface area contributed by atoms with Crippen molar-refractivity contribution >= 4 is 22.7 Å². The van der Waals surface area contributed by atoms with E-state index in [1.165, 1.54) is 6.20 Å². The highest BCUT2D eigenvalue weighted by Gasteiger charge is 2.13. The topological polar surface area (TPSA) is 109 Å². The molecule has 0 aliphatic rings. The molecule has 2 heterocycles.